The highest BCUT2D eigenvalue weighted by Gasteiger charge is 2.30. The molecular weight excluding hydrogens is 248 g/mol. The van der Waals surface area contributed by atoms with Gasteiger partial charge in [-0.05, 0) is 38.0 Å². The molecule has 1 aromatic carbocycles. The molecule has 1 fully saturated rings. The average molecular weight is 276 g/mol. The van der Waals surface area contributed by atoms with Gasteiger partial charge in [0, 0.05) is 19.1 Å². The molecule has 0 aromatic heterocycles. The van der Waals surface area contributed by atoms with Gasteiger partial charge in [0.1, 0.15) is 0 Å². The van der Waals surface area contributed by atoms with Crippen LogP contribution in [0.1, 0.15) is 31.9 Å². The van der Waals surface area contributed by atoms with Crippen LogP contribution >= 0.6 is 0 Å². The Hall–Kier alpha value is -0.900. The van der Waals surface area contributed by atoms with E-state index in [4.69, 9.17) is 0 Å². The van der Waals surface area contributed by atoms with E-state index in [0.29, 0.717) is 5.92 Å². The summed E-state index contributed by atoms with van der Waals surface area (Å²) < 4.78 is 0. The van der Waals surface area contributed by atoms with E-state index in [0.717, 1.165) is 31.7 Å². The van der Waals surface area contributed by atoms with Crippen LogP contribution in [0, 0.1) is 5.92 Å². The average Bonchev–Trinajstić information content (AvgIpc) is 2.65. The predicted molar refractivity (Wildman–Crippen MR) is 83.7 cm³/mol. The molecule has 0 aliphatic carbocycles. The van der Waals surface area contributed by atoms with Crippen LogP contribution < -0.4 is 0 Å². The lowest BCUT2D eigenvalue weighted by molar-refractivity contribution is 0.0245. The van der Waals surface area contributed by atoms with Crippen LogP contribution in [0.25, 0.3) is 0 Å². The number of aliphatic hydroxyl groups excluding tert-OH is 1. The Kier molecular flexibility index (Phi) is 5.58. The first-order valence-electron chi connectivity index (χ1n) is 7.75. The summed E-state index contributed by atoms with van der Waals surface area (Å²) >= 11 is 0. The standard InChI is InChI=1S/C17H28N2O/c1-14(2)16(17(20)15-8-5-4-6-9-15)19-11-7-10-18(3)12-13-19/h4-6,8-9,14,16-17,20H,7,10-13H2,1-3H3. The van der Waals surface area contributed by atoms with Gasteiger partial charge in [-0.2, -0.15) is 0 Å². The van der Waals surface area contributed by atoms with Crippen LogP contribution in [0.15, 0.2) is 30.3 Å². The Labute approximate surface area is 123 Å². The Morgan fingerprint density at radius 2 is 1.70 bits per heavy atom. The highest BCUT2D eigenvalue weighted by molar-refractivity contribution is 5.19. The van der Waals surface area contributed by atoms with E-state index in [1.807, 2.05) is 30.3 Å². The van der Waals surface area contributed by atoms with Crippen molar-refractivity contribution in [2.75, 3.05) is 33.2 Å². The quantitative estimate of drug-likeness (QED) is 0.914. The zero-order valence-corrected chi connectivity index (χ0v) is 13.0. The number of hydrogen-bond donors (Lipinski definition) is 1. The molecule has 112 valence electrons. The number of aliphatic hydroxyl groups is 1. The van der Waals surface area contributed by atoms with Crippen molar-refractivity contribution in [1.82, 2.24) is 9.80 Å². The fraction of sp³-hybridized carbons (Fsp3) is 0.647. The molecule has 2 rings (SSSR count). The molecule has 20 heavy (non-hydrogen) atoms. The molecule has 0 saturated carbocycles. The van der Waals surface area contributed by atoms with Gasteiger partial charge in [-0.25, -0.2) is 0 Å². The minimum atomic E-state index is -0.403. The van der Waals surface area contributed by atoms with E-state index in [-0.39, 0.29) is 6.04 Å². The second-order valence-corrected chi connectivity index (χ2v) is 6.28. The number of nitrogens with zero attached hydrogens (tertiary/aromatic N) is 2. The van der Waals surface area contributed by atoms with E-state index in [1.54, 1.807) is 0 Å². The molecule has 0 amide bonds. The monoisotopic (exact) mass is 276 g/mol. The Morgan fingerprint density at radius 3 is 2.35 bits per heavy atom. The van der Waals surface area contributed by atoms with E-state index >= 15 is 0 Å². The molecule has 1 aliphatic heterocycles. The van der Waals surface area contributed by atoms with Crippen LogP contribution in [0.3, 0.4) is 0 Å². The van der Waals surface area contributed by atoms with Crippen LogP contribution in [-0.2, 0) is 0 Å². The van der Waals surface area contributed by atoms with Crippen LogP contribution in [-0.4, -0.2) is 54.2 Å². The zero-order valence-electron chi connectivity index (χ0n) is 13.0. The minimum absolute atomic E-state index is 0.198. The Morgan fingerprint density at radius 1 is 1.00 bits per heavy atom. The van der Waals surface area contributed by atoms with Gasteiger partial charge < -0.3 is 10.0 Å². The molecule has 2 atom stereocenters. The second kappa shape index (κ2) is 7.21. The van der Waals surface area contributed by atoms with Gasteiger partial charge in [0.25, 0.3) is 0 Å². The molecule has 0 radical (unpaired) electrons. The van der Waals surface area contributed by atoms with Crippen molar-refractivity contribution in [3.8, 4) is 0 Å². The fourth-order valence-corrected chi connectivity index (χ4v) is 3.20. The SMILES string of the molecule is CC(C)C(C(O)c1ccccc1)N1CCCN(C)CC1. The summed E-state index contributed by atoms with van der Waals surface area (Å²) in [6, 6.07) is 10.3. The summed E-state index contributed by atoms with van der Waals surface area (Å²) in [5, 5.41) is 10.8. The molecular formula is C17H28N2O. The lowest BCUT2D eigenvalue weighted by atomic mass is 9.91. The summed E-state index contributed by atoms with van der Waals surface area (Å²) in [6.45, 7) is 8.80. The van der Waals surface area contributed by atoms with E-state index in [9.17, 15) is 5.11 Å². The van der Waals surface area contributed by atoms with Gasteiger partial charge >= 0.3 is 0 Å². The largest absolute Gasteiger partial charge is 0.387 e. The Balaban J connectivity index is 2.14. The number of rotatable bonds is 4. The third-order valence-electron chi connectivity index (χ3n) is 4.32. The molecule has 0 bridgehead atoms. The predicted octanol–water partition coefficient (Wildman–Crippen LogP) is 2.38. The highest BCUT2D eigenvalue weighted by Crippen LogP contribution is 2.27. The van der Waals surface area contributed by atoms with Gasteiger partial charge in [0.05, 0.1) is 6.10 Å². The molecule has 3 heteroatoms. The summed E-state index contributed by atoms with van der Waals surface area (Å²) in [5.74, 6) is 0.439. The second-order valence-electron chi connectivity index (χ2n) is 6.28. The molecule has 1 aliphatic rings. The number of benzene rings is 1. The van der Waals surface area contributed by atoms with E-state index in [2.05, 4.69) is 30.7 Å². The van der Waals surface area contributed by atoms with Crippen molar-refractivity contribution in [2.24, 2.45) is 5.92 Å². The molecule has 0 spiro atoms. The molecule has 3 nitrogen and oxygen atoms in total. The van der Waals surface area contributed by atoms with Crippen molar-refractivity contribution in [2.45, 2.75) is 32.4 Å². The van der Waals surface area contributed by atoms with Gasteiger partial charge in [0.2, 0.25) is 0 Å². The summed E-state index contributed by atoms with van der Waals surface area (Å²) in [5.41, 5.74) is 1.03. The number of hydrogen-bond acceptors (Lipinski definition) is 3. The highest BCUT2D eigenvalue weighted by atomic mass is 16.3. The first-order chi connectivity index (χ1) is 9.59. The maximum absolute atomic E-state index is 10.8. The molecule has 2 unspecified atom stereocenters. The fourth-order valence-electron chi connectivity index (χ4n) is 3.20. The van der Waals surface area contributed by atoms with Crippen LogP contribution in [0.4, 0.5) is 0 Å². The third kappa shape index (κ3) is 3.81. The maximum atomic E-state index is 10.8. The molecule has 1 heterocycles. The van der Waals surface area contributed by atoms with E-state index < -0.39 is 6.10 Å². The Bertz CT molecular complexity index is 393. The lowest BCUT2D eigenvalue weighted by Gasteiger charge is -2.37. The summed E-state index contributed by atoms with van der Waals surface area (Å²) in [6.07, 6.45) is 0.779. The van der Waals surface area contributed by atoms with Gasteiger partial charge in [-0.1, -0.05) is 44.2 Å². The lowest BCUT2D eigenvalue weighted by Crippen LogP contribution is -2.45. The van der Waals surface area contributed by atoms with Gasteiger partial charge in [-0.15, -0.1) is 0 Å². The molecule has 1 N–H and O–H groups in total. The van der Waals surface area contributed by atoms with Crippen molar-refractivity contribution < 1.29 is 5.11 Å². The first kappa shape index (κ1) is 15.5. The third-order valence-corrected chi connectivity index (χ3v) is 4.32. The smallest absolute Gasteiger partial charge is 0.0947 e. The zero-order chi connectivity index (χ0) is 14.5. The van der Waals surface area contributed by atoms with Crippen LogP contribution in [0.2, 0.25) is 0 Å². The summed E-state index contributed by atoms with van der Waals surface area (Å²) in [4.78, 5) is 4.86. The summed E-state index contributed by atoms with van der Waals surface area (Å²) in [7, 11) is 2.18. The van der Waals surface area contributed by atoms with Crippen molar-refractivity contribution in [3.05, 3.63) is 35.9 Å². The molecule has 1 saturated heterocycles. The van der Waals surface area contributed by atoms with Gasteiger partial charge in [-0.3, -0.25) is 4.90 Å². The van der Waals surface area contributed by atoms with Crippen molar-refractivity contribution in [1.29, 1.82) is 0 Å². The van der Waals surface area contributed by atoms with Crippen molar-refractivity contribution in [3.63, 3.8) is 0 Å². The first-order valence-corrected chi connectivity index (χ1v) is 7.75. The minimum Gasteiger partial charge on any atom is -0.387 e. The van der Waals surface area contributed by atoms with Crippen LogP contribution in [0.5, 0.6) is 0 Å². The van der Waals surface area contributed by atoms with E-state index in [1.165, 1.54) is 6.42 Å². The van der Waals surface area contributed by atoms with Gasteiger partial charge in [0.15, 0.2) is 0 Å². The topological polar surface area (TPSA) is 26.7 Å². The molecule has 1 aromatic rings. The normalized spacial score (nSPS) is 21.6. The van der Waals surface area contributed by atoms with Crippen molar-refractivity contribution >= 4 is 0 Å². The number of likely N-dealkylation sites (N-methyl/N-ethyl adjacent to an activating group) is 1. The maximum Gasteiger partial charge on any atom is 0.0947 e.